The van der Waals surface area contributed by atoms with Crippen LogP contribution in [0.1, 0.15) is 12.6 Å². The molecule has 5 heteroatoms. The summed E-state index contributed by atoms with van der Waals surface area (Å²) in [5, 5.41) is 8.73. The van der Waals surface area contributed by atoms with Gasteiger partial charge in [0, 0.05) is 12.1 Å². The van der Waals surface area contributed by atoms with Crippen LogP contribution in [0.5, 0.6) is 0 Å². The highest BCUT2D eigenvalue weighted by atomic mass is 19.1. The van der Waals surface area contributed by atoms with Crippen LogP contribution < -0.4 is 5.73 Å². The molecule has 0 aromatic carbocycles. The van der Waals surface area contributed by atoms with Crippen LogP contribution in [-0.4, -0.2) is 21.6 Å². The summed E-state index contributed by atoms with van der Waals surface area (Å²) in [6.45, 7) is 1.39. The lowest BCUT2D eigenvalue weighted by molar-refractivity contribution is -0.142. The van der Waals surface area contributed by atoms with Gasteiger partial charge >= 0.3 is 5.97 Å². The van der Waals surface area contributed by atoms with Gasteiger partial charge in [-0.1, -0.05) is 0 Å². The molecule has 3 N–H and O–H groups in total. The van der Waals surface area contributed by atoms with Gasteiger partial charge in [0.15, 0.2) is 0 Å². The fourth-order valence-corrected chi connectivity index (χ4v) is 0.963. The number of carboxylic acids is 1. The maximum Gasteiger partial charge on any atom is 0.323 e. The van der Waals surface area contributed by atoms with Gasteiger partial charge in [-0.2, -0.15) is 0 Å². The van der Waals surface area contributed by atoms with Crippen LogP contribution in [0.3, 0.4) is 0 Å². The Morgan fingerprint density at radius 3 is 2.79 bits per heavy atom. The molecule has 0 saturated heterocycles. The third-order valence-corrected chi connectivity index (χ3v) is 1.83. The topological polar surface area (TPSA) is 76.2 Å². The Labute approximate surface area is 80.6 Å². The maximum atomic E-state index is 12.5. The predicted octanol–water partition coefficient (Wildman–Crippen LogP) is 0.565. The second-order valence-electron chi connectivity index (χ2n) is 3.37. The molecule has 1 aromatic heterocycles. The number of aromatic nitrogens is 1. The number of nitrogens with two attached hydrogens (primary N) is 1. The molecule has 0 aliphatic heterocycles. The standard InChI is InChI=1S/C9H11FN2O2/c1-9(11,8(13)14)4-7-3-2-6(10)5-12-7/h2-3,5H,4,11H2,1H3,(H,13,14). The highest BCUT2D eigenvalue weighted by molar-refractivity contribution is 5.78. The number of pyridine rings is 1. The third-order valence-electron chi connectivity index (χ3n) is 1.83. The van der Waals surface area contributed by atoms with Gasteiger partial charge in [-0.05, 0) is 19.1 Å². The Morgan fingerprint density at radius 1 is 1.71 bits per heavy atom. The van der Waals surface area contributed by atoms with Crippen molar-refractivity contribution in [1.29, 1.82) is 0 Å². The number of aliphatic carboxylic acids is 1. The van der Waals surface area contributed by atoms with E-state index in [0.717, 1.165) is 6.20 Å². The van der Waals surface area contributed by atoms with Crippen molar-refractivity contribution in [1.82, 2.24) is 4.98 Å². The second-order valence-corrected chi connectivity index (χ2v) is 3.37. The van der Waals surface area contributed by atoms with Gasteiger partial charge in [-0.3, -0.25) is 9.78 Å². The van der Waals surface area contributed by atoms with Crippen LogP contribution in [0.15, 0.2) is 18.3 Å². The van der Waals surface area contributed by atoms with Gasteiger partial charge in [0.25, 0.3) is 0 Å². The molecule has 0 amide bonds. The van der Waals surface area contributed by atoms with Crippen LogP contribution in [0.25, 0.3) is 0 Å². The molecule has 0 saturated carbocycles. The number of hydrogen-bond donors (Lipinski definition) is 2. The molecular weight excluding hydrogens is 187 g/mol. The molecule has 0 bridgehead atoms. The van der Waals surface area contributed by atoms with E-state index in [4.69, 9.17) is 10.8 Å². The fourth-order valence-electron chi connectivity index (χ4n) is 0.963. The third kappa shape index (κ3) is 2.50. The fraction of sp³-hybridized carbons (Fsp3) is 0.333. The van der Waals surface area contributed by atoms with Crippen LogP contribution in [0.4, 0.5) is 4.39 Å². The quantitative estimate of drug-likeness (QED) is 0.744. The maximum absolute atomic E-state index is 12.5. The monoisotopic (exact) mass is 198 g/mol. The predicted molar refractivity (Wildman–Crippen MR) is 48.1 cm³/mol. The number of carboxylic acid groups (broad SMARTS) is 1. The Balaban J connectivity index is 2.79. The van der Waals surface area contributed by atoms with Crippen LogP contribution in [0.2, 0.25) is 0 Å². The lowest BCUT2D eigenvalue weighted by Crippen LogP contribution is -2.47. The minimum absolute atomic E-state index is 0.0720. The zero-order chi connectivity index (χ0) is 10.8. The molecule has 1 atom stereocenters. The summed E-state index contributed by atoms with van der Waals surface area (Å²) in [5.41, 5.74) is 4.58. The van der Waals surface area contributed by atoms with Crippen molar-refractivity contribution >= 4 is 5.97 Å². The van der Waals surface area contributed by atoms with E-state index < -0.39 is 17.3 Å². The molecular formula is C9H11FN2O2. The van der Waals surface area contributed by atoms with Crippen molar-refractivity contribution in [3.05, 3.63) is 29.8 Å². The summed E-state index contributed by atoms with van der Waals surface area (Å²) in [6.07, 6.45) is 1.11. The summed E-state index contributed by atoms with van der Waals surface area (Å²) in [5.74, 6) is -1.56. The van der Waals surface area contributed by atoms with Crippen LogP contribution >= 0.6 is 0 Å². The first-order valence-electron chi connectivity index (χ1n) is 4.04. The van der Waals surface area contributed by atoms with Crippen molar-refractivity contribution < 1.29 is 14.3 Å². The lowest BCUT2D eigenvalue weighted by Gasteiger charge is -2.18. The average Bonchev–Trinajstić information content (AvgIpc) is 2.08. The lowest BCUT2D eigenvalue weighted by atomic mass is 9.97. The largest absolute Gasteiger partial charge is 0.480 e. The normalized spacial score (nSPS) is 14.8. The Kier molecular flexibility index (Phi) is 2.81. The molecule has 0 spiro atoms. The molecule has 14 heavy (non-hydrogen) atoms. The highest BCUT2D eigenvalue weighted by Gasteiger charge is 2.28. The van der Waals surface area contributed by atoms with E-state index in [9.17, 15) is 9.18 Å². The van der Waals surface area contributed by atoms with E-state index in [1.54, 1.807) is 0 Å². The number of rotatable bonds is 3. The Morgan fingerprint density at radius 2 is 2.36 bits per heavy atom. The van der Waals surface area contributed by atoms with Crippen molar-refractivity contribution in [2.45, 2.75) is 18.9 Å². The molecule has 76 valence electrons. The van der Waals surface area contributed by atoms with Gasteiger partial charge in [0.1, 0.15) is 11.4 Å². The molecule has 0 aliphatic carbocycles. The molecule has 0 aliphatic rings. The molecule has 1 aromatic rings. The minimum Gasteiger partial charge on any atom is -0.480 e. The number of carbonyl (C=O) groups is 1. The SMILES string of the molecule is CC(N)(Cc1ccc(F)cn1)C(=O)O. The first-order valence-corrected chi connectivity index (χ1v) is 4.04. The molecule has 1 rings (SSSR count). The molecule has 1 unspecified atom stereocenters. The van der Waals surface area contributed by atoms with E-state index in [1.807, 2.05) is 0 Å². The average molecular weight is 198 g/mol. The zero-order valence-electron chi connectivity index (χ0n) is 7.70. The second kappa shape index (κ2) is 3.71. The molecule has 0 fully saturated rings. The first kappa shape index (κ1) is 10.6. The van der Waals surface area contributed by atoms with E-state index in [-0.39, 0.29) is 6.42 Å². The van der Waals surface area contributed by atoms with E-state index >= 15 is 0 Å². The summed E-state index contributed by atoms with van der Waals surface area (Å²) >= 11 is 0. The van der Waals surface area contributed by atoms with E-state index in [0.29, 0.717) is 5.69 Å². The molecule has 1 heterocycles. The molecule has 4 nitrogen and oxygen atoms in total. The van der Waals surface area contributed by atoms with Gasteiger partial charge in [0.2, 0.25) is 0 Å². The van der Waals surface area contributed by atoms with Crippen molar-refractivity contribution in [3.63, 3.8) is 0 Å². The summed E-state index contributed by atoms with van der Waals surface area (Å²) < 4.78 is 12.5. The van der Waals surface area contributed by atoms with Gasteiger partial charge < -0.3 is 10.8 Å². The number of halogens is 1. The summed E-state index contributed by atoms with van der Waals surface area (Å²) in [7, 11) is 0. The Bertz CT molecular complexity index is 335. The molecule has 0 radical (unpaired) electrons. The van der Waals surface area contributed by atoms with E-state index in [2.05, 4.69) is 4.98 Å². The smallest absolute Gasteiger partial charge is 0.323 e. The minimum atomic E-state index is -1.37. The zero-order valence-corrected chi connectivity index (χ0v) is 7.70. The van der Waals surface area contributed by atoms with Crippen molar-refractivity contribution in [2.24, 2.45) is 5.73 Å². The number of nitrogens with zero attached hydrogens (tertiary/aromatic N) is 1. The van der Waals surface area contributed by atoms with Gasteiger partial charge in [0.05, 0.1) is 6.20 Å². The van der Waals surface area contributed by atoms with Crippen LogP contribution in [-0.2, 0) is 11.2 Å². The van der Waals surface area contributed by atoms with E-state index in [1.165, 1.54) is 19.1 Å². The highest BCUT2D eigenvalue weighted by Crippen LogP contribution is 2.09. The van der Waals surface area contributed by atoms with Crippen molar-refractivity contribution in [2.75, 3.05) is 0 Å². The summed E-state index contributed by atoms with van der Waals surface area (Å²) in [4.78, 5) is 14.4. The van der Waals surface area contributed by atoms with Crippen molar-refractivity contribution in [3.8, 4) is 0 Å². The van der Waals surface area contributed by atoms with Crippen LogP contribution in [0, 0.1) is 5.82 Å². The Hall–Kier alpha value is -1.49. The number of hydrogen-bond acceptors (Lipinski definition) is 3. The first-order chi connectivity index (χ1) is 6.42. The summed E-state index contributed by atoms with van der Waals surface area (Å²) in [6, 6.07) is 2.64. The van der Waals surface area contributed by atoms with Gasteiger partial charge in [-0.15, -0.1) is 0 Å². The van der Waals surface area contributed by atoms with Gasteiger partial charge in [-0.25, -0.2) is 4.39 Å².